The Morgan fingerprint density at radius 1 is 1.53 bits per heavy atom. The fourth-order valence-corrected chi connectivity index (χ4v) is 1.27. The van der Waals surface area contributed by atoms with Gasteiger partial charge < -0.3 is 9.73 Å². The van der Waals surface area contributed by atoms with Gasteiger partial charge in [0.2, 0.25) is 11.8 Å². The minimum absolute atomic E-state index is 0.181. The van der Waals surface area contributed by atoms with Crippen LogP contribution in [0.3, 0.4) is 0 Å². The van der Waals surface area contributed by atoms with Crippen LogP contribution in [-0.4, -0.2) is 29.7 Å². The zero-order valence-electron chi connectivity index (χ0n) is 10.7. The Bertz CT molecular complexity index is 418. The molecule has 0 spiro atoms. The lowest BCUT2D eigenvalue weighted by Gasteiger charge is -2.14. The minimum Gasteiger partial charge on any atom is -0.444 e. The van der Waals surface area contributed by atoms with Crippen LogP contribution in [0, 0.1) is 0 Å². The minimum atomic E-state index is -4.41. The number of oxazole rings is 1. The molecule has 108 valence electrons. The van der Waals surface area contributed by atoms with Gasteiger partial charge in [-0.2, -0.15) is 13.2 Å². The van der Waals surface area contributed by atoms with Crippen molar-refractivity contribution in [1.29, 1.82) is 0 Å². The molecule has 5 nitrogen and oxygen atoms in total. The molecule has 1 amide bonds. The normalized spacial score (nSPS) is 13.3. The van der Waals surface area contributed by atoms with E-state index < -0.39 is 24.7 Å². The third-order valence-electron chi connectivity index (χ3n) is 2.37. The average molecular weight is 279 g/mol. The molecule has 2 N–H and O–H groups in total. The molecule has 1 rings (SSSR count). The largest absolute Gasteiger partial charge is 0.444 e. The second-order valence-corrected chi connectivity index (χ2v) is 4.01. The summed E-state index contributed by atoms with van der Waals surface area (Å²) in [6.07, 6.45) is -2.13. The first-order valence-electron chi connectivity index (χ1n) is 5.83. The summed E-state index contributed by atoms with van der Waals surface area (Å²) in [5.74, 6) is 0.387. The number of nitrogens with zero attached hydrogens (tertiary/aromatic N) is 1. The smallest absolute Gasteiger partial charge is 0.405 e. The number of aryl methyl sites for hydroxylation is 1. The zero-order chi connectivity index (χ0) is 14.5. The van der Waals surface area contributed by atoms with Crippen molar-refractivity contribution < 1.29 is 22.4 Å². The third-order valence-corrected chi connectivity index (χ3v) is 2.37. The molecule has 1 heterocycles. The van der Waals surface area contributed by atoms with Crippen molar-refractivity contribution in [2.45, 2.75) is 39.0 Å². The van der Waals surface area contributed by atoms with Crippen LogP contribution in [0.1, 0.15) is 25.5 Å². The fourth-order valence-electron chi connectivity index (χ4n) is 1.27. The Balaban J connectivity index is 2.34. The van der Waals surface area contributed by atoms with E-state index in [1.807, 2.05) is 6.92 Å². The standard InChI is InChI=1S/C11H16F3N3O2/c1-3-8-4-16-9(19-8)5-15-7(2)10(18)17-6-11(12,13)14/h4,7,15H,3,5-6H2,1-2H3,(H,17,18). The van der Waals surface area contributed by atoms with Crippen molar-refractivity contribution in [1.82, 2.24) is 15.6 Å². The monoisotopic (exact) mass is 279 g/mol. The molecule has 19 heavy (non-hydrogen) atoms. The summed E-state index contributed by atoms with van der Waals surface area (Å²) < 4.78 is 41.0. The average Bonchev–Trinajstić information content (AvgIpc) is 2.80. The van der Waals surface area contributed by atoms with Crippen LogP contribution in [0.4, 0.5) is 13.2 Å². The molecule has 0 aliphatic carbocycles. The number of amides is 1. The van der Waals surface area contributed by atoms with Crippen molar-refractivity contribution >= 4 is 5.91 Å². The number of hydrogen-bond donors (Lipinski definition) is 2. The maximum Gasteiger partial charge on any atom is 0.405 e. The molecule has 0 radical (unpaired) electrons. The van der Waals surface area contributed by atoms with Gasteiger partial charge in [0.1, 0.15) is 12.3 Å². The van der Waals surface area contributed by atoms with Crippen molar-refractivity contribution in [3.8, 4) is 0 Å². The maximum absolute atomic E-state index is 11.9. The van der Waals surface area contributed by atoms with Crippen LogP contribution >= 0.6 is 0 Å². The van der Waals surface area contributed by atoms with Crippen molar-refractivity contribution in [2.24, 2.45) is 0 Å². The lowest BCUT2D eigenvalue weighted by molar-refractivity contribution is -0.139. The molecule has 1 unspecified atom stereocenters. The van der Waals surface area contributed by atoms with E-state index in [4.69, 9.17) is 4.42 Å². The number of hydrogen-bond acceptors (Lipinski definition) is 4. The highest BCUT2D eigenvalue weighted by Crippen LogP contribution is 2.12. The molecule has 1 atom stereocenters. The molecule has 0 bridgehead atoms. The van der Waals surface area contributed by atoms with Crippen LogP contribution < -0.4 is 10.6 Å². The summed E-state index contributed by atoms with van der Waals surface area (Å²) in [5.41, 5.74) is 0. The van der Waals surface area contributed by atoms with Crippen LogP contribution in [0.15, 0.2) is 10.6 Å². The molecule has 8 heteroatoms. The van der Waals surface area contributed by atoms with E-state index in [2.05, 4.69) is 10.3 Å². The molecule has 0 aliphatic rings. The molecule has 1 aromatic rings. The molecule has 0 fully saturated rings. The number of halogens is 3. The van der Waals surface area contributed by atoms with Crippen LogP contribution in [0.25, 0.3) is 0 Å². The third kappa shape index (κ3) is 5.73. The zero-order valence-corrected chi connectivity index (χ0v) is 10.7. The van der Waals surface area contributed by atoms with E-state index in [1.165, 1.54) is 6.92 Å². The summed E-state index contributed by atoms with van der Waals surface area (Å²) in [5, 5.41) is 4.53. The van der Waals surface area contributed by atoms with Gasteiger partial charge in [0.25, 0.3) is 0 Å². The summed E-state index contributed by atoms with van der Waals surface area (Å²) >= 11 is 0. The predicted octanol–water partition coefficient (Wildman–Crippen LogP) is 1.39. The van der Waals surface area contributed by atoms with Gasteiger partial charge in [0, 0.05) is 6.42 Å². The summed E-state index contributed by atoms with van der Waals surface area (Å²) in [6, 6.07) is -0.765. The van der Waals surface area contributed by atoms with E-state index in [0.29, 0.717) is 18.1 Å². The second-order valence-electron chi connectivity index (χ2n) is 4.01. The van der Waals surface area contributed by atoms with E-state index in [1.54, 1.807) is 11.5 Å². The van der Waals surface area contributed by atoms with Crippen LogP contribution in [-0.2, 0) is 17.8 Å². The van der Waals surface area contributed by atoms with Crippen molar-refractivity contribution in [3.63, 3.8) is 0 Å². The Labute approximate surface area is 108 Å². The summed E-state index contributed by atoms with van der Waals surface area (Å²) in [6.45, 7) is 2.22. The van der Waals surface area contributed by atoms with Gasteiger partial charge in [-0.25, -0.2) is 4.98 Å². The van der Waals surface area contributed by atoms with Crippen molar-refractivity contribution in [2.75, 3.05) is 6.54 Å². The molecule has 0 saturated heterocycles. The van der Waals surface area contributed by atoms with Gasteiger partial charge in [0.05, 0.1) is 18.8 Å². The Morgan fingerprint density at radius 2 is 2.21 bits per heavy atom. The number of carbonyl (C=O) groups is 1. The van der Waals surface area contributed by atoms with Gasteiger partial charge in [-0.05, 0) is 6.92 Å². The lowest BCUT2D eigenvalue weighted by atomic mass is 10.3. The molecule has 0 saturated carbocycles. The van der Waals surface area contributed by atoms with E-state index in [0.717, 1.165) is 0 Å². The maximum atomic E-state index is 11.9. The molecule has 1 aromatic heterocycles. The first-order chi connectivity index (χ1) is 8.81. The highest BCUT2D eigenvalue weighted by Gasteiger charge is 2.28. The first-order valence-corrected chi connectivity index (χ1v) is 5.83. The van der Waals surface area contributed by atoms with Gasteiger partial charge >= 0.3 is 6.18 Å². The van der Waals surface area contributed by atoms with Gasteiger partial charge in [-0.1, -0.05) is 6.92 Å². The second kappa shape index (κ2) is 6.55. The van der Waals surface area contributed by atoms with E-state index >= 15 is 0 Å². The van der Waals surface area contributed by atoms with Crippen LogP contribution in [0.5, 0.6) is 0 Å². The molecule has 0 aromatic carbocycles. The highest BCUT2D eigenvalue weighted by molar-refractivity contribution is 5.81. The summed E-state index contributed by atoms with van der Waals surface area (Å²) in [7, 11) is 0. The number of nitrogens with one attached hydrogen (secondary N) is 2. The first kappa shape index (κ1) is 15.5. The lowest BCUT2D eigenvalue weighted by Crippen LogP contribution is -2.45. The topological polar surface area (TPSA) is 67.2 Å². The quantitative estimate of drug-likeness (QED) is 0.826. The predicted molar refractivity (Wildman–Crippen MR) is 61.2 cm³/mol. The SMILES string of the molecule is CCc1cnc(CNC(C)C(=O)NCC(F)(F)F)o1. The Hall–Kier alpha value is -1.57. The van der Waals surface area contributed by atoms with Crippen LogP contribution in [0.2, 0.25) is 0 Å². The van der Waals surface area contributed by atoms with Crippen molar-refractivity contribution in [3.05, 3.63) is 17.8 Å². The van der Waals surface area contributed by atoms with Gasteiger partial charge in [0.15, 0.2) is 0 Å². The Kier molecular flexibility index (Phi) is 5.34. The molecule has 0 aliphatic heterocycles. The highest BCUT2D eigenvalue weighted by atomic mass is 19.4. The van der Waals surface area contributed by atoms with E-state index in [9.17, 15) is 18.0 Å². The fraction of sp³-hybridized carbons (Fsp3) is 0.636. The van der Waals surface area contributed by atoms with E-state index in [-0.39, 0.29) is 6.54 Å². The Morgan fingerprint density at radius 3 is 2.74 bits per heavy atom. The summed E-state index contributed by atoms with van der Waals surface area (Å²) in [4.78, 5) is 15.3. The van der Waals surface area contributed by atoms with Gasteiger partial charge in [-0.15, -0.1) is 0 Å². The number of aromatic nitrogens is 1. The number of rotatable bonds is 6. The van der Waals surface area contributed by atoms with Gasteiger partial charge in [-0.3, -0.25) is 10.1 Å². The molecular formula is C11H16F3N3O2. The number of carbonyl (C=O) groups excluding carboxylic acids is 1. The molecular weight excluding hydrogens is 263 g/mol. The number of alkyl halides is 3.